The quantitative estimate of drug-likeness (QED) is 0.0275. The van der Waals surface area contributed by atoms with Crippen LogP contribution in [0, 0.1) is 10.1 Å². The van der Waals surface area contributed by atoms with E-state index in [0.29, 0.717) is 41.8 Å². The Hall–Kier alpha value is -4.49. The number of phenolic OH excluding ortho intramolecular Hbond substituents is 1. The van der Waals surface area contributed by atoms with Crippen molar-refractivity contribution >= 4 is 80.9 Å². The molecule has 0 heterocycles. The number of hydrogen-bond acceptors (Lipinski definition) is 22. The molecule has 6 aromatic carbocycles. The number of anilines is 4. The molecule has 4 N–H and O–H groups in total. The monoisotopic (exact) mass is 960 g/mol. The average molecular weight is 961 g/mol. The first-order chi connectivity index (χ1) is 28.6. The van der Waals surface area contributed by atoms with Crippen molar-refractivity contribution in [2.24, 2.45) is 20.4 Å². The zero-order chi connectivity index (χ0) is 44.4. The third kappa shape index (κ3) is 12.9. The van der Waals surface area contributed by atoms with Crippen molar-refractivity contribution < 1.29 is 142 Å². The van der Waals surface area contributed by atoms with Crippen LogP contribution in [0.15, 0.2) is 142 Å². The SMILES string of the molecule is COc1ccc(N/N=c2/c(=O)c(N=Nc3cc(S(=O)(=O)[O-])cc4cc(S(=O)(=O)[O-])cc(O)c34)c/c(=N/Nc3ccc(Nc4ccc([N+](=O)[O-])cc4S(=O)(=O)[O-])cc3)c2=O)cc1.[Na+].[Na+].[Na+]. The van der Waals surface area contributed by atoms with Crippen molar-refractivity contribution in [3.63, 3.8) is 0 Å². The van der Waals surface area contributed by atoms with Gasteiger partial charge in [0.05, 0.1) is 54.9 Å². The van der Waals surface area contributed by atoms with Crippen LogP contribution in [-0.2, 0) is 30.4 Å². The summed E-state index contributed by atoms with van der Waals surface area (Å²) in [6.07, 6.45) is 0. The zero-order valence-electron chi connectivity index (χ0n) is 33.4. The Bertz CT molecular complexity index is 3390. The molecule has 6 aromatic rings. The van der Waals surface area contributed by atoms with E-state index in [1.807, 2.05) is 0 Å². The summed E-state index contributed by atoms with van der Waals surface area (Å²) in [4.78, 5) is 34.6. The summed E-state index contributed by atoms with van der Waals surface area (Å²) in [5.41, 5.74) is 1.49. The fourth-order valence-corrected chi connectivity index (χ4v) is 7.09. The van der Waals surface area contributed by atoms with Crippen molar-refractivity contribution in [1.82, 2.24) is 0 Å². The normalized spacial score (nSPS) is 12.2. The first-order valence-corrected chi connectivity index (χ1v) is 20.7. The Kier molecular flexibility index (Phi) is 18.2. The molecule has 0 aliphatic carbocycles. The van der Waals surface area contributed by atoms with Crippen LogP contribution in [0.4, 0.5) is 39.8 Å². The molecular weight excluding hydrogens is 938 g/mol. The number of phenols is 1. The van der Waals surface area contributed by atoms with Crippen LogP contribution in [0.25, 0.3) is 10.8 Å². The van der Waals surface area contributed by atoms with Gasteiger partial charge in [0.1, 0.15) is 52.9 Å². The summed E-state index contributed by atoms with van der Waals surface area (Å²) in [6, 6.07) is 17.7. The summed E-state index contributed by atoms with van der Waals surface area (Å²) in [5, 5.41) is 38.0. The average Bonchev–Trinajstić information content (AvgIpc) is 3.19. The number of nitro groups is 1. The summed E-state index contributed by atoms with van der Waals surface area (Å²) in [7, 11) is -14.2. The van der Waals surface area contributed by atoms with Crippen molar-refractivity contribution in [3.05, 3.63) is 138 Å². The predicted molar refractivity (Wildman–Crippen MR) is 209 cm³/mol. The van der Waals surface area contributed by atoms with Crippen LogP contribution in [0.1, 0.15) is 0 Å². The maximum absolute atomic E-state index is 13.6. The van der Waals surface area contributed by atoms with E-state index in [0.717, 1.165) is 18.2 Å². The number of nitrogens with one attached hydrogen (secondary N) is 3. The number of azo groups is 1. The van der Waals surface area contributed by atoms with Crippen LogP contribution < -0.4 is 131 Å². The van der Waals surface area contributed by atoms with Gasteiger partial charge >= 0.3 is 88.7 Å². The van der Waals surface area contributed by atoms with Gasteiger partial charge in [-0.05, 0) is 84.2 Å². The minimum Gasteiger partial charge on any atom is -0.744 e. The summed E-state index contributed by atoms with van der Waals surface area (Å²) >= 11 is 0. The number of ether oxygens (including phenoxy) is 1. The molecular formula is C35H23N8Na3O15S3. The molecule has 0 saturated carbocycles. The van der Waals surface area contributed by atoms with E-state index in [1.54, 1.807) is 12.1 Å². The van der Waals surface area contributed by atoms with Gasteiger partial charge in [0.25, 0.3) is 5.69 Å². The predicted octanol–water partition coefficient (Wildman–Crippen LogP) is -6.20. The summed E-state index contributed by atoms with van der Waals surface area (Å²) in [5.74, 6) is -0.417. The van der Waals surface area contributed by atoms with Crippen LogP contribution in [0.5, 0.6) is 11.5 Å². The summed E-state index contributed by atoms with van der Waals surface area (Å²) in [6.45, 7) is 0. The van der Waals surface area contributed by atoms with Crippen molar-refractivity contribution in [1.29, 1.82) is 0 Å². The number of nitrogens with zero attached hydrogens (tertiary/aromatic N) is 5. The van der Waals surface area contributed by atoms with E-state index in [9.17, 15) is 63.7 Å². The molecule has 0 bridgehead atoms. The van der Waals surface area contributed by atoms with Gasteiger partial charge in [-0.2, -0.15) is 10.2 Å². The van der Waals surface area contributed by atoms with Crippen LogP contribution in [-0.4, -0.2) is 56.1 Å². The molecule has 29 heteroatoms. The number of nitro benzene ring substituents is 1. The second-order valence-electron chi connectivity index (χ2n) is 12.3. The molecule has 0 spiro atoms. The minimum atomic E-state index is -5.27. The molecule has 0 amide bonds. The molecule has 0 unspecified atom stereocenters. The number of fused-ring (bicyclic) bond motifs is 1. The Morgan fingerprint density at radius 2 is 1.17 bits per heavy atom. The van der Waals surface area contributed by atoms with Crippen LogP contribution >= 0.6 is 0 Å². The Morgan fingerprint density at radius 3 is 1.72 bits per heavy atom. The van der Waals surface area contributed by atoms with E-state index in [1.165, 1.54) is 43.5 Å². The number of benzene rings is 6. The molecule has 0 atom stereocenters. The van der Waals surface area contributed by atoms with Gasteiger partial charge in [0.2, 0.25) is 10.9 Å². The van der Waals surface area contributed by atoms with E-state index in [2.05, 4.69) is 36.6 Å². The van der Waals surface area contributed by atoms with E-state index in [-0.39, 0.29) is 111 Å². The fraction of sp³-hybridized carbons (Fsp3) is 0.0286. The minimum absolute atomic E-state index is 0. The van der Waals surface area contributed by atoms with E-state index in [4.69, 9.17) is 4.74 Å². The second-order valence-corrected chi connectivity index (χ2v) is 16.4. The Labute approximate surface area is 427 Å². The molecule has 64 heavy (non-hydrogen) atoms. The topological polar surface area (TPSA) is 364 Å². The molecule has 6 rings (SSSR count). The molecule has 23 nitrogen and oxygen atoms in total. The maximum Gasteiger partial charge on any atom is 1.00 e. The first-order valence-electron chi connectivity index (χ1n) is 16.5. The number of aromatic hydroxyl groups is 1. The van der Waals surface area contributed by atoms with Crippen molar-refractivity contribution in [2.45, 2.75) is 14.7 Å². The van der Waals surface area contributed by atoms with E-state index >= 15 is 0 Å². The zero-order valence-corrected chi connectivity index (χ0v) is 41.8. The summed E-state index contributed by atoms with van der Waals surface area (Å²) < 4.78 is 112. The van der Waals surface area contributed by atoms with Gasteiger partial charge in [0.15, 0.2) is 5.36 Å². The molecule has 0 radical (unpaired) electrons. The maximum atomic E-state index is 13.6. The van der Waals surface area contributed by atoms with Crippen LogP contribution in [0.2, 0.25) is 0 Å². The Balaban J connectivity index is 0.00000363. The third-order valence-corrected chi connectivity index (χ3v) is 10.8. The largest absolute Gasteiger partial charge is 1.00 e. The molecule has 0 saturated heterocycles. The van der Waals surface area contributed by atoms with Gasteiger partial charge in [-0.15, -0.1) is 10.2 Å². The molecule has 0 aliphatic rings. The molecule has 0 aromatic heterocycles. The number of non-ortho nitro benzene ring substituents is 1. The standard InChI is InChI=1S/C35H26N8O15S3.3Na/c1-58-23-9-6-21(7-10-23)38-42-33-34(45)28(40-37-20-4-2-19(3-5-20)36-26-11-8-22(43(47)48)14-31(26)61(55,56)57)17-29(35(33)46)41-39-27-15-24(59(49,50)51)12-18-13-25(60(52,53)54)16-30(44)32(18)27;;;/h2-17,36-38,44H,1H3,(H,49,50,51)(H,52,53,54)(H,55,56,57);;;/q;3*+1/p-3/b40-28-,41-39?,42-33+;;;. The number of methoxy groups -OCH3 is 1. The Morgan fingerprint density at radius 1 is 0.641 bits per heavy atom. The van der Waals surface area contributed by atoms with Gasteiger partial charge in [-0.25, -0.2) is 25.3 Å². The number of rotatable bonds is 13. The van der Waals surface area contributed by atoms with Gasteiger partial charge in [0, 0.05) is 23.9 Å². The van der Waals surface area contributed by atoms with Crippen molar-refractivity contribution in [2.75, 3.05) is 23.3 Å². The second kappa shape index (κ2) is 21.7. The van der Waals surface area contributed by atoms with Crippen molar-refractivity contribution in [3.8, 4) is 11.5 Å². The smallest absolute Gasteiger partial charge is 0.744 e. The molecule has 314 valence electrons. The third-order valence-electron chi connectivity index (χ3n) is 8.27. The molecule has 0 fully saturated rings. The first kappa shape index (κ1) is 53.8. The fourth-order valence-electron chi connectivity index (χ4n) is 5.39. The van der Waals surface area contributed by atoms with Gasteiger partial charge in [-0.1, -0.05) is 0 Å². The van der Waals surface area contributed by atoms with Crippen LogP contribution in [0.3, 0.4) is 0 Å². The van der Waals surface area contributed by atoms with Gasteiger partial charge in [-0.3, -0.25) is 30.6 Å². The van der Waals surface area contributed by atoms with E-state index < -0.39 is 99.7 Å². The number of hydrogen-bond donors (Lipinski definition) is 4. The van der Waals surface area contributed by atoms with Gasteiger partial charge < -0.3 is 28.8 Å². The molecule has 0 aliphatic heterocycles.